The highest BCUT2D eigenvalue weighted by molar-refractivity contribution is 5.59. The Morgan fingerprint density at radius 1 is 1.05 bits per heavy atom. The van der Waals surface area contributed by atoms with Gasteiger partial charge in [-0.05, 0) is 49.2 Å². The van der Waals surface area contributed by atoms with Gasteiger partial charge in [0, 0.05) is 39.6 Å². The van der Waals surface area contributed by atoms with Gasteiger partial charge in [0.1, 0.15) is 5.75 Å². The van der Waals surface area contributed by atoms with E-state index in [0.29, 0.717) is 0 Å². The fourth-order valence-electron chi connectivity index (χ4n) is 2.24. The molecule has 4 heteroatoms. The molecule has 0 saturated carbocycles. The van der Waals surface area contributed by atoms with Gasteiger partial charge in [0.15, 0.2) is 0 Å². The summed E-state index contributed by atoms with van der Waals surface area (Å²) in [6, 6.07) is 10.4. The van der Waals surface area contributed by atoms with Gasteiger partial charge in [-0.1, -0.05) is 6.07 Å². The molecule has 1 heterocycles. The first-order chi connectivity index (χ1) is 10.6. The maximum Gasteiger partial charge on any atom is 0.143 e. The quantitative estimate of drug-likeness (QED) is 0.852. The third-order valence-corrected chi connectivity index (χ3v) is 3.28. The number of aromatic nitrogens is 1. The number of benzene rings is 1. The van der Waals surface area contributed by atoms with E-state index >= 15 is 0 Å². The second kappa shape index (κ2) is 7.80. The summed E-state index contributed by atoms with van der Waals surface area (Å²) >= 11 is 0. The molecule has 0 unspecified atom stereocenters. The highest BCUT2D eigenvalue weighted by Gasteiger charge is 2.09. The van der Waals surface area contributed by atoms with E-state index in [1.807, 2.05) is 52.5 Å². The average Bonchev–Trinajstić information content (AvgIpc) is 2.47. The molecule has 0 aliphatic rings. The van der Waals surface area contributed by atoms with Crippen molar-refractivity contribution in [3.05, 3.63) is 53.9 Å². The van der Waals surface area contributed by atoms with Gasteiger partial charge in [-0.25, -0.2) is 0 Å². The molecule has 1 N–H and O–H groups in total. The van der Waals surface area contributed by atoms with Crippen LogP contribution < -0.4 is 15.0 Å². The summed E-state index contributed by atoms with van der Waals surface area (Å²) in [5.41, 5.74) is 3.56. The standard InChI is InChI=1S/C18H25N3O/c1-14(2)22-18-11-16(5-6-17(18)21(3)4)13-20-12-15-7-9-19-10-8-15/h5-11,14,20H,12-13H2,1-4H3. The van der Waals surface area contributed by atoms with Crippen molar-refractivity contribution in [3.63, 3.8) is 0 Å². The molecule has 118 valence electrons. The SMILES string of the molecule is CC(C)Oc1cc(CNCc2ccncc2)ccc1N(C)C. The number of nitrogens with one attached hydrogen (secondary N) is 1. The van der Waals surface area contributed by atoms with Crippen LogP contribution in [0.1, 0.15) is 25.0 Å². The Morgan fingerprint density at radius 2 is 1.73 bits per heavy atom. The number of hydrogen-bond acceptors (Lipinski definition) is 4. The third kappa shape index (κ3) is 4.74. The molecule has 2 aromatic rings. The lowest BCUT2D eigenvalue weighted by Gasteiger charge is -2.20. The zero-order valence-electron chi connectivity index (χ0n) is 13.8. The summed E-state index contributed by atoms with van der Waals surface area (Å²) in [5.74, 6) is 0.934. The summed E-state index contributed by atoms with van der Waals surface area (Å²) in [6.45, 7) is 5.74. The molecule has 22 heavy (non-hydrogen) atoms. The highest BCUT2D eigenvalue weighted by atomic mass is 16.5. The molecular weight excluding hydrogens is 274 g/mol. The van der Waals surface area contributed by atoms with Crippen LogP contribution in [0, 0.1) is 0 Å². The molecule has 2 rings (SSSR count). The van der Waals surface area contributed by atoms with Crippen LogP contribution in [0.5, 0.6) is 5.75 Å². The predicted molar refractivity (Wildman–Crippen MR) is 91.3 cm³/mol. The summed E-state index contributed by atoms with van der Waals surface area (Å²) in [6.07, 6.45) is 3.80. The van der Waals surface area contributed by atoms with E-state index in [1.165, 1.54) is 11.1 Å². The van der Waals surface area contributed by atoms with Gasteiger partial charge < -0.3 is 15.0 Å². The Kier molecular flexibility index (Phi) is 5.78. The number of ether oxygens (including phenoxy) is 1. The second-order valence-electron chi connectivity index (χ2n) is 5.82. The number of pyridine rings is 1. The first kappa shape index (κ1) is 16.3. The van der Waals surface area contributed by atoms with Gasteiger partial charge in [0.05, 0.1) is 11.8 Å². The fourth-order valence-corrected chi connectivity index (χ4v) is 2.24. The molecule has 0 amide bonds. The van der Waals surface area contributed by atoms with Crippen LogP contribution in [0.25, 0.3) is 0 Å². The van der Waals surface area contributed by atoms with Crippen molar-refractivity contribution in [1.29, 1.82) is 0 Å². The van der Waals surface area contributed by atoms with Gasteiger partial charge >= 0.3 is 0 Å². The van der Waals surface area contributed by atoms with E-state index in [0.717, 1.165) is 24.5 Å². The number of anilines is 1. The zero-order chi connectivity index (χ0) is 15.9. The van der Waals surface area contributed by atoms with Crippen molar-refractivity contribution in [2.45, 2.75) is 33.0 Å². The minimum Gasteiger partial charge on any atom is -0.489 e. The van der Waals surface area contributed by atoms with Crippen molar-refractivity contribution in [2.24, 2.45) is 0 Å². The van der Waals surface area contributed by atoms with Gasteiger partial charge in [0.2, 0.25) is 0 Å². The fraction of sp³-hybridized carbons (Fsp3) is 0.389. The van der Waals surface area contributed by atoms with Crippen molar-refractivity contribution in [1.82, 2.24) is 10.3 Å². The van der Waals surface area contributed by atoms with Crippen LogP contribution >= 0.6 is 0 Å². The monoisotopic (exact) mass is 299 g/mol. The van der Waals surface area contributed by atoms with Gasteiger partial charge in [-0.3, -0.25) is 4.98 Å². The maximum atomic E-state index is 5.93. The highest BCUT2D eigenvalue weighted by Crippen LogP contribution is 2.29. The lowest BCUT2D eigenvalue weighted by atomic mass is 10.1. The van der Waals surface area contributed by atoms with E-state index in [4.69, 9.17) is 4.74 Å². The Bertz CT molecular complexity index is 582. The Hall–Kier alpha value is -2.07. The first-order valence-corrected chi connectivity index (χ1v) is 7.63. The molecule has 0 bridgehead atoms. The normalized spacial score (nSPS) is 10.8. The van der Waals surface area contributed by atoms with Crippen molar-refractivity contribution >= 4 is 5.69 Å². The number of rotatable bonds is 7. The Balaban J connectivity index is 2.01. The molecule has 0 radical (unpaired) electrons. The van der Waals surface area contributed by atoms with Crippen LogP contribution in [-0.2, 0) is 13.1 Å². The second-order valence-corrected chi connectivity index (χ2v) is 5.82. The summed E-state index contributed by atoms with van der Waals surface area (Å²) in [5, 5.41) is 3.45. The summed E-state index contributed by atoms with van der Waals surface area (Å²) in [4.78, 5) is 6.10. The minimum absolute atomic E-state index is 0.165. The number of hydrogen-bond donors (Lipinski definition) is 1. The third-order valence-electron chi connectivity index (χ3n) is 3.28. The lowest BCUT2D eigenvalue weighted by Crippen LogP contribution is -2.16. The molecule has 0 fully saturated rings. The largest absolute Gasteiger partial charge is 0.489 e. The molecule has 0 atom stereocenters. The van der Waals surface area contributed by atoms with Crippen molar-refractivity contribution in [3.8, 4) is 5.75 Å². The Morgan fingerprint density at radius 3 is 2.36 bits per heavy atom. The Labute approximate surface area is 133 Å². The van der Waals surface area contributed by atoms with Gasteiger partial charge in [0.25, 0.3) is 0 Å². The van der Waals surface area contributed by atoms with E-state index < -0.39 is 0 Å². The topological polar surface area (TPSA) is 37.4 Å². The minimum atomic E-state index is 0.165. The molecule has 0 aliphatic carbocycles. The summed E-state index contributed by atoms with van der Waals surface area (Å²) in [7, 11) is 4.06. The van der Waals surface area contributed by atoms with Crippen molar-refractivity contribution < 1.29 is 4.74 Å². The summed E-state index contributed by atoms with van der Waals surface area (Å²) < 4.78 is 5.93. The van der Waals surface area contributed by atoms with Crippen LogP contribution in [0.15, 0.2) is 42.7 Å². The van der Waals surface area contributed by atoms with Crippen LogP contribution in [0.2, 0.25) is 0 Å². The van der Waals surface area contributed by atoms with E-state index in [1.54, 1.807) is 0 Å². The molecule has 0 saturated heterocycles. The van der Waals surface area contributed by atoms with Gasteiger partial charge in [-0.2, -0.15) is 0 Å². The van der Waals surface area contributed by atoms with Gasteiger partial charge in [-0.15, -0.1) is 0 Å². The maximum absolute atomic E-state index is 5.93. The van der Waals surface area contributed by atoms with Crippen LogP contribution in [0.3, 0.4) is 0 Å². The molecular formula is C18H25N3O. The van der Waals surface area contributed by atoms with E-state index in [-0.39, 0.29) is 6.10 Å². The lowest BCUT2D eigenvalue weighted by molar-refractivity contribution is 0.243. The number of nitrogens with zero attached hydrogens (tertiary/aromatic N) is 2. The molecule has 4 nitrogen and oxygen atoms in total. The van der Waals surface area contributed by atoms with Crippen LogP contribution in [0.4, 0.5) is 5.69 Å². The average molecular weight is 299 g/mol. The van der Waals surface area contributed by atoms with Crippen molar-refractivity contribution in [2.75, 3.05) is 19.0 Å². The molecule has 1 aromatic carbocycles. The molecule has 0 aliphatic heterocycles. The van der Waals surface area contributed by atoms with E-state index in [2.05, 4.69) is 33.4 Å². The zero-order valence-corrected chi connectivity index (χ0v) is 13.8. The van der Waals surface area contributed by atoms with Crippen LogP contribution in [-0.4, -0.2) is 25.2 Å². The molecule has 1 aromatic heterocycles. The molecule has 0 spiro atoms. The first-order valence-electron chi connectivity index (χ1n) is 7.63. The predicted octanol–water partition coefficient (Wildman–Crippen LogP) is 3.22. The smallest absolute Gasteiger partial charge is 0.143 e. The van der Waals surface area contributed by atoms with E-state index in [9.17, 15) is 0 Å².